The van der Waals surface area contributed by atoms with Crippen LogP contribution in [0.4, 0.5) is 0 Å². The second-order valence-electron chi connectivity index (χ2n) is 20.1. The van der Waals surface area contributed by atoms with Crippen molar-refractivity contribution in [3.8, 4) is 0 Å². The third kappa shape index (κ3) is 20.7. The Bertz CT molecular complexity index is 2610. The van der Waals surface area contributed by atoms with Crippen LogP contribution in [0.25, 0.3) is 43.1 Å². The molecule has 0 amide bonds. The van der Waals surface area contributed by atoms with Gasteiger partial charge < -0.3 is 0 Å². The van der Waals surface area contributed by atoms with Gasteiger partial charge in [-0.3, -0.25) is 0 Å². The molecule has 368 valence electrons. The van der Waals surface area contributed by atoms with Gasteiger partial charge in [0, 0.05) is 0 Å². The summed E-state index contributed by atoms with van der Waals surface area (Å²) in [7, 11) is 0. The van der Waals surface area contributed by atoms with E-state index in [1.165, 1.54) is 98.7 Å². The van der Waals surface area contributed by atoms with Crippen LogP contribution >= 0.6 is 49.6 Å². The quantitative estimate of drug-likeness (QED) is 0.122. The minimum atomic E-state index is 0. The molecule has 0 fully saturated rings. The predicted octanol–water partition coefficient (Wildman–Crippen LogP) is 20.5. The molecule has 0 aliphatic heterocycles. The first-order valence-electron chi connectivity index (χ1n) is 23.5. The van der Waals surface area contributed by atoms with Crippen molar-refractivity contribution in [1.82, 2.24) is 0 Å². The van der Waals surface area contributed by atoms with Gasteiger partial charge in [0.15, 0.2) is 0 Å². The summed E-state index contributed by atoms with van der Waals surface area (Å²) < 4.78 is 0. The summed E-state index contributed by atoms with van der Waals surface area (Å²) in [5.74, 6) is 2.42. The van der Waals surface area contributed by atoms with E-state index >= 15 is 0 Å². The fourth-order valence-corrected chi connectivity index (χ4v) is 8.92. The average Bonchev–Trinajstić information content (AvgIpc) is 3.93. The summed E-state index contributed by atoms with van der Waals surface area (Å²) >= 11 is 3.48. The van der Waals surface area contributed by atoms with Crippen molar-refractivity contribution < 1.29 is 46.7 Å². The molecule has 0 bridgehead atoms. The van der Waals surface area contributed by atoms with Crippen LogP contribution in [-0.4, -0.2) is 10.9 Å². The molecular formula is C60H84Cl4Si2Zr2. The number of aryl methyl sites for hydroxylation is 8. The molecule has 0 aliphatic carbocycles. The van der Waals surface area contributed by atoms with Gasteiger partial charge in [0.2, 0.25) is 0 Å². The van der Waals surface area contributed by atoms with E-state index in [4.69, 9.17) is 0 Å². The summed E-state index contributed by atoms with van der Waals surface area (Å²) in [4.78, 5) is 0. The van der Waals surface area contributed by atoms with Gasteiger partial charge in [-0.15, -0.1) is 176 Å². The van der Waals surface area contributed by atoms with Gasteiger partial charge in [0.05, 0.1) is 0 Å². The predicted molar refractivity (Wildman–Crippen MR) is 316 cm³/mol. The molecule has 0 aromatic heterocycles. The smallest absolute Gasteiger partial charge is 0.0232 e. The number of benzene rings is 4. The van der Waals surface area contributed by atoms with Crippen LogP contribution in [0.1, 0.15) is 146 Å². The fourth-order valence-electron chi connectivity index (χ4n) is 8.92. The average molecular weight is 1190 g/mol. The molecule has 0 N–H and O–H groups in total. The monoisotopic (exact) mass is 1180 g/mol. The second kappa shape index (κ2) is 32.0. The molecule has 0 heterocycles. The SMILES string of the molecule is C[Si](C)=[Zr+2].C[Si](C)=[Zr+2].Cc1cc(C)c2cc(C)[cH-]c2c1.Cc1cc(C)c2cc(C)[cH-]c2c1.Cc1cc2c(C(C)C)c(C(C)C)ccc2[cH-]1.Cc1cc2c(C(C)C)c(C(C)C)ccc2[cH-]1.Cl.Cl.Cl.Cl. The molecule has 8 heteroatoms. The van der Waals surface area contributed by atoms with Gasteiger partial charge in [-0.1, -0.05) is 140 Å². The first-order valence-corrected chi connectivity index (χ1v) is 35.9. The van der Waals surface area contributed by atoms with Crippen molar-refractivity contribution in [3.63, 3.8) is 0 Å². The largest absolute Gasteiger partial charge is 0.165 e. The van der Waals surface area contributed by atoms with Crippen LogP contribution in [0, 0.1) is 55.4 Å². The van der Waals surface area contributed by atoms with E-state index in [1.807, 2.05) is 0 Å². The van der Waals surface area contributed by atoms with Crippen molar-refractivity contribution in [2.24, 2.45) is 0 Å². The zero-order chi connectivity index (χ0) is 48.3. The standard InChI is InChI=1S/2C16H21.2C12H13.2C2H6Si.4ClH.2Zr/c2*1-10(2)14-7-6-13-8-12(5)9-15(13)16(14)11(3)4;2*1-8-4-10(3)12-7-9(2)6-11(12)5-8;2*1-3-2;;;;;;/h2*6-11H,1-5H3;2*4-7H,1-3H3;2*1-2H3;4*1H;;/q4*-1;;;;;;;2*+2. The maximum absolute atomic E-state index is 2.33. The number of halogens is 4. The summed E-state index contributed by atoms with van der Waals surface area (Å²) in [6, 6.07) is 36.3. The topological polar surface area (TPSA) is 0 Å². The number of hydrogen-bond acceptors (Lipinski definition) is 0. The van der Waals surface area contributed by atoms with Gasteiger partial charge >= 0.3 is 83.7 Å². The minimum absolute atomic E-state index is 0. The Morgan fingerprint density at radius 1 is 0.353 bits per heavy atom. The van der Waals surface area contributed by atoms with Gasteiger partial charge in [-0.05, 0) is 51.4 Å². The van der Waals surface area contributed by atoms with Crippen LogP contribution < -0.4 is 0 Å². The minimum Gasteiger partial charge on any atom is -0.165 e. The molecule has 68 heavy (non-hydrogen) atoms. The fraction of sp³-hybridized carbons (Fsp3) is 0.400. The van der Waals surface area contributed by atoms with E-state index in [0.717, 1.165) is 0 Å². The molecule has 0 nitrogen and oxygen atoms in total. The Balaban J connectivity index is 0. The Morgan fingerprint density at radius 2 is 0.603 bits per heavy atom. The molecule has 0 saturated carbocycles. The number of rotatable bonds is 4. The first kappa shape index (κ1) is 68.8. The van der Waals surface area contributed by atoms with Gasteiger partial charge in [-0.2, -0.15) is 24.3 Å². The normalized spacial score (nSPS) is 10.3. The molecule has 0 radical (unpaired) electrons. The molecule has 0 unspecified atom stereocenters. The van der Waals surface area contributed by atoms with Gasteiger partial charge in [0.1, 0.15) is 0 Å². The Labute approximate surface area is 469 Å². The van der Waals surface area contributed by atoms with Crippen LogP contribution in [0.5, 0.6) is 0 Å². The molecule has 0 spiro atoms. The Kier molecular flexibility index (Phi) is 32.3. The number of fused-ring (bicyclic) bond motifs is 4. The summed E-state index contributed by atoms with van der Waals surface area (Å²) in [5.41, 5.74) is 17.5. The van der Waals surface area contributed by atoms with Crippen LogP contribution in [0.15, 0.2) is 97.1 Å². The second-order valence-corrected chi connectivity index (χ2v) is 38.8. The van der Waals surface area contributed by atoms with Crippen LogP contribution in [0.3, 0.4) is 0 Å². The third-order valence-electron chi connectivity index (χ3n) is 11.3. The maximum atomic E-state index is 2.33. The molecule has 0 aliphatic rings. The number of hydrogen-bond donors (Lipinski definition) is 0. The molecule has 8 aromatic carbocycles. The summed E-state index contributed by atoms with van der Waals surface area (Å²) in [6.07, 6.45) is 0. The van der Waals surface area contributed by atoms with E-state index in [9.17, 15) is 0 Å². The molecule has 0 saturated heterocycles. The first-order chi connectivity index (χ1) is 29.8. The van der Waals surface area contributed by atoms with E-state index < -0.39 is 0 Å². The van der Waals surface area contributed by atoms with E-state index in [2.05, 4.69) is 234 Å². The maximum Gasteiger partial charge on any atom is -0.0232 e. The van der Waals surface area contributed by atoms with Crippen molar-refractivity contribution in [1.29, 1.82) is 0 Å². The summed E-state index contributed by atoms with van der Waals surface area (Å²) in [5, 5.41) is 11.3. The van der Waals surface area contributed by atoms with Gasteiger partial charge in [0.25, 0.3) is 0 Å². The van der Waals surface area contributed by atoms with Crippen molar-refractivity contribution in [3.05, 3.63) is 164 Å². The third-order valence-corrected chi connectivity index (χ3v) is 11.3. The Hall–Kier alpha value is -1.32. The van der Waals surface area contributed by atoms with Crippen LogP contribution in [-0.2, 0) is 46.7 Å². The van der Waals surface area contributed by atoms with Crippen molar-refractivity contribution in [2.45, 2.75) is 161 Å². The van der Waals surface area contributed by atoms with E-state index in [0.29, 0.717) is 23.7 Å². The molecule has 8 aromatic rings. The summed E-state index contributed by atoms with van der Waals surface area (Å²) in [6.45, 7) is 44.8. The Morgan fingerprint density at radius 3 is 0.853 bits per heavy atom. The zero-order valence-electron chi connectivity index (χ0n) is 45.2. The zero-order valence-corrected chi connectivity index (χ0v) is 55.4. The van der Waals surface area contributed by atoms with E-state index in [-0.39, 0.29) is 60.5 Å². The van der Waals surface area contributed by atoms with Crippen molar-refractivity contribution >= 4 is 104 Å². The molecule has 0 atom stereocenters. The van der Waals surface area contributed by atoms with Crippen molar-refractivity contribution in [2.75, 3.05) is 0 Å². The van der Waals surface area contributed by atoms with Crippen LogP contribution in [0.2, 0.25) is 26.2 Å². The van der Waals surface area contributed by atoms with E-state index in [1.54, 1.807) is 57.8 Å². The molecular weight excluding hydrogens is 1100 g/mol. The van der Waals surface area contributed by atoms with Gasteiger partial charge in [-0.25, -0.2) is 0 Å². The molecule has 8 rings (SSSR count).